The molecule has 3 heteroatoms. The summed E-state index contributed by atoms with van der Waals surface area (Å²) in [5.41, 5.74) is 2.36. The molecule has 0 aliphatic carbocycles. The number of ether oxygens (including phenoxy) is 1. The maximum absolute atomic E-state index is 12.6. The summed E-state index contributed by atoms with van der Waals surface area (Å²) in [4.78, 5) is 12.6. The Labute approximate surface area is 134 Å². The molecule has 0 N–H and O–H groups in total. The molecule has 0 fully saturated rings. The minimum Gasteiger partial charge on any atom is -0.497 e. The van der Waals surface area contributed by atoms with Crippen molar-refractivity contribution in [2.75, 3.05) is 7.11 Å². The Kier molecular flexibility index (Phi) is 5.19. The van der Waals surface area contributed by atoms with Gasteiger partial charge in [-0.05, 0) is 23.2 Å². The van der Waals surface area contributed by atoms with Crippen molar-refractivity contribution in [3.8, 4) is 5.75 Å². The van der Waals surface area contributed by atoms with Crippen molar-refractivity contribution in [2.45, 2.75) is 31.6 Å². The van der Waals surface area contributed by atoms with Gasteiger partial charge in [-0.2, -0.15) is 0 Å². The van der Waals surface area contributed by atoms with E-state index in [9.17, 15) is 4.79 Å². The topological polar surface area (TPSA) is 26.3 Å². The lowest BCUT2D eigenvalue weighted by atomic mass is 10.0. The fourth-order valence-corrected chi connectivity index (χ4v) is 4.68. The Morgan fingerprint density at radius 3 is 2.09 bits per heavy atom. The summed E-state index contributed by atoms with van der Waals surface area (Å²) in [5.74, 6) is 1.08. The third kappa shape index (κ3) is 4.07. The number of Topliss-reactive ketones (excluding diaryl/α,β-unsaturated/α-hetero) is 1. The Hall–Kier alpha value is -1.87. The van der Waals surface area contributed by atoms with E-state index >= 15 is 0 Å². The highest BCUT2D eigenvalue weighted by Gasteiger charge is 2.30. The molecule has 0 bridgehead atoms. The molecule has 0 amide bonds. The molecule has 0 aromatic heterocycles. The van der Waals surface area contributed by atoms with Crippen LogP contribution in [0.5, 0.6) is 5.75 Å². The summed E-state index contributed by atoms with van der Waals surface area (Å²) < 4.78 is 5.23. The molecular weight excluding hydrogens is 288 g/mol. The molecular formula is C19H24O2Si. The van der Waals surface area contributed by atoms with Crippen LogP contribution in [0.1, 0.15) is 27.9 Å². The van der Waals surface area contributed by atoms with E-state index in [0.29, 0.717) is 12.0 Å². The summed E-state index contributed by atoms with van der Waals surface area (Å²) in [6.07, 6.45) is 0.575. The molecule has 1 atom stereocenters. The molecule has 2 aromatic carbocycles. The molecule has 116 valence electrons. The minimum absolute atomic E-state index is 0.226. The van der Waals surface area contributed by atoms with Crippen molar-refractivity contribution in [1.82, 2.24) is 0 Å². The highest BCUT2D eigenvalue weighted by molar-refractivity contribution is 6.77. The molecule has 0 radical (unpaired) electrons. The summed E-state index contributed by atoms with van der Waals surface area (Å²) in [6, 6.07) is 17.7. The van der Waals surface area contributed by atoms with Gasteiger partial charge in [-0.25, -0.2) is 0 Å². The summed E-state index contributed by atoms with van der Waals surface area (Å²) >= 11 is 0. The largest absolute Gasteiger partial charge is 0.497 e. The van der Waals surface area contributed by atoms with Gasteiger partial charge in [-0.15, -0.1) is 0 Å². The first-order valence-electron chi connectivity index (χ1n) is 7.64. The lowest BCUT2D eigenvalue weighted by Crippen LogP contribution is -2.32. The Morgan fingerprint density at radius 2 is 1.59 bits per heavy atom. The predicted molar refractivity (Wildman–Crippen MR) is 94.5 cm³/mol. The number of benzene rings is 2. The lowest BCUT2D eigenvalue weighted by molar-refractivity contribution is 0.0980. The van der Waals surface area contributed by atoms with Crippen LogP contribution in [0, 0.1) is 0 Å². The van der Waals surface area contributed by atoms with Crippen molar-refractivity contribution >= 4 is 13.9 Å². The van der Waals surface area contributed by atoms with E-state index < -0.39 is 8.07 Å². The van der Waals surface area contributed by atoms with Gasteiger partial charge in [0.05, 0.1) is 15.2 Å². The molecule has 0 spiro atoms. The molecule has 0 aliphatic rings. The number of carbonyl (C=O) groups excluding carboxylic acids is 1. The SMILES string of the molecule is COc1ccc(C(CC(=O)c2ccccc2)[Si](C)(C)C)cc1. The Balaban J connectivity index is 2.25. The predicted octanol–water partition coefficient (Wildman–Crippen LogP) is 4.93. The average Bonchev–Trinajstić information content (AvgIpc) is 2.52. The smallest absolute Gasteiger partial charge is 0.163 e. The second-order valence-electron chi connectivity index (χ2n) is 6.69. The Morgan fingerprint density at radius 1 is 1.00 bits per heavy atom. The van der Waals surface area contributed by atoms with Gasteiger partial charge < -0.3 is 4.74 Å². The van der Waals surface area contributed by atoms with E-state index in [0.717, 1.165) is 11.3 Å². The zero-order valence-electron chi connectivity index (χ0n) is 13.8. The number of rotatable bonds is 6. The quantitative estimate of drug-likeness (QED) is 0.558. The number of hydrogen-bond donors (Lipinski definition) is 0. The second kappa shape index (κ2) is 6.92. The number of ketones is 1. The molecule has 2 rings (SSSR count). The van der Waals surface area contributed by atoms with E-state index in [-0.39, 0.29) is 5.78 Å². The Bertz CT molecular complexity index is 612. The van der Waals surface area contributed by atoms with Crippen LogP contribution in [0.25, 0.3) is 0 Å². The molecule has 0 saturated heterocycles. The van der Waals surface area contributed by atoms with E-state index in [4.69, 9.17) is 4.74 Å². The zero-order chi connectivity index (χ0) is 16.2. The second-order valence-corrected chi connectivity index (χ2v) is 12.1. The van der Waals surface area contributed by atoms with Gasteiger partial charge in [0.15, 0.2) is 5.78 Å². The van der Waals surface area contributed by atoms with Crippen LogP contribution in [-0.4, -0.2) is 21.0 Å². The van der Waals surface area contributed by atoms with Gasteiger partial charge in [-0.1, -0.05) is 62.1 Å². The average molecular weight is 312 g/mol. The van der Waals surface area contributed by atoms with Gasteiger partial charge in [0.25, 0.3) is 0 Å². The third-order valence-electron chi connectivity index (χ3n) is 4.05. The van der Waals surface area contributed by atoms with Crippen LogP contribution in [0.15, 0.2) is 54.6 Å². The first kappa shape index (κ1) is 16.5. The number of carbonyl (C=O) groups is 1. The van der Waals surface area contributed by atoms with Crippen molar-refractivity contribution < 1.29 is 9.53 Å². The summed E-state index contributed by atoms with van der Waals surface area (Å²) in [5, 5.41) is 0. The van der Waals surface area contributed by atoms with Crippen LogP contribution in [0.3, 0.4) is 0 Å². The van der Waals surface area contributed by atoms with Crippen molar-refractivity contribution in [3.63, 3.8) is 0 Å². The number of hydrogen-bond acceptors (Lipinski definition) is 2. The fourth-order valence-electron chi connectivity index (χ4n) is 2.69. The molecule has 0 heterocycles. The summed E-state index contributed by atoms with van der Waals surface area (Å²) in [7, 11) is 0.158. The van der Waals surface area contributed by atoms with Crippen LogP contribution in [0.4, 0.5) is 0 Å². The first-order chi connectivity index (χ1) is 10.4. The van der Waals surface area contributed by atoms with Crippen LogP contribution in [-0.2, 0) is 0 Å². The van der Waals surface area contributed by atoms with Crippen molar-refractivity contribution in [1.29, 1.82) is 0 Å². The molecule has 0 aliphatic heterocycles. The highest BCUT2D eigenvalue weighted by Crippen LogP contribution is 2.32. The highest BCUT2D eigenvalue weighted by atomic mass is 28.3. The minimum atomic E-state index is -1.51. The molecule has 2 nitrogen and oxygen atoms in total. The standard InChI is InChI=1S/C19H24O2Si/c1-21-17-12-10-16(11-13-17)19(22(2,3)4)14-18(20)15-8-6-5-7-9-15/h5-13,19H,14H2,1-4H3. The van der Waals surface area contributed by atoms with Crippen molar-refractivity contribution in [2.24, 2.45) is 0 Å². The normalized spacial score (nSPS) is 12.7. The molecule has 2 aromatic rings. The van der Waals surface area contributed by atoms with Crippen molar-refractivity contribution in [3.05, 3.63) is 65.7 Å². The summed E-state index contributed by atoms with van der Waals surface area (Å²) in [6.45, 7) is 6.96. The van der Waals surface area contributed by atoms with Gasteiger partial charge in [-0.3, -0.25) is 4.79 Å². The maximum atomic E-state index is 12.6. The fraction of sp³-hybridized carbons (Fsp3) is 0.316. The van der Waals surface area contributed by atoms with E-state index in [1.807, 2.05) is 42.5 Å². The third-order valence-corrected chi connectivity index (χ3v) is 6.68. The van der Waals surface area contributed by atoms with Gasteiger partial charge in [0, 0.05) is 12.0 Å². The maximum Gasteiger partial charge on any atom is 0.163 e. The molecule has 22 heavy (non-hydrogen) atoms. The first-order valence-corrected chi connectivity index (χ1v) is 11.2. The zero-order valence-corrected chi connectivity index (χ0v) is 14.8. The van der Waals surface area contributed by atoms with Gasteiger partial charge >= 0.3 is 0 Å². The van der Waals surface area contributed by atoms with Crippen LogP contribution in [0.2, 0.25) is 19.6 Å². The van der Waals surface area contributed by atoms with Crippen LogP contribution < -0.4 is 4.74 Å². The van der Waals surface area contributed by atoms with Gasteiger partial charge in [0.1, 0.15) is 5.75 Å². The molecule has 1 unspecified atom stereocenters. The van der Waals surface area contributed by atoms with E-state index in [1.54, 1.807) is 7.11 Å². The van der Waals surface area contributed by atoms with Crippen LogP contribution >= 0.6 is 0 Å². The van der Waals surface area contributed by atoms with Gasteiger partial charge in [0.2, 0.25) is 0 Å². The van der Waals surface area contributed by atoms with E-state index in [2.05, 4.69) is 31.8 Å². The van der Waals surface area contributed by atoms with E-state index in [1.165, 1.54) is 5.56 Å². The lowest BCUT2D eigenvalue weighted by Gasteiger charge is -2.29. The molecule has 0 saturated carbocycles. The monoisotopic (exact) mass is 312 g/mol. The number of methoxy groups -OCH3 is 1.